The lowest BCUT2D eigenvalue weighted by Crippen LogP contribution is -2.75. The van der Waals surface area contributed by atoms with E-state index in [2.05, 4.69) is 20.5 Å². The van der Waals surface area contributed by atoms with Crippen molar-refractivity contribution >= 4 is 29.4 Å². The van der Waals surface area contributed by atoms with E-state index >= 15 is 0 Å². The van der Waals surface area contributed by atoms with Gasteiger partial charge in [-0.3, -0.25) is 25.2 Å². The van der Waals surface area contributed by atoms with Gasteiger partial charge in [0.1, 0.15) is 5.82 Å². The quantitative estimate of drug-likeness (QED) is 0.587. The second-order valence-corrected chi connectivity index (χ2v) is 9.84. The van der Waals surface area contributed by atoms with Crippen molar-refractivity contribution in [3.05, 3.63) is 36.2 Å². The van der Waals surface area contributed by atoms with E-state index in [1.807, 2.05) is 36.9 Å². The number of barbiturate groups is 1. The molecule has 1 spiro atoms. The van der Waals surface area contributed by atoms with Crippen molar-refractivity contribution in [2.24, 2.45) is 5.41 Å². The van der Waals surface area contributed by atoms with Gasteiger partial charge in [0.2, 0.25) is 11.8 Å². The molecule has 2 N–H and O–H groups in total. The molecule has 0 aliphatic carbocycles. The Hall–Kier alpha value is -3.57. The number of pyridine rings is 2. The topological polar surface area (TPSA) is 126 Å². The molecule has 4 aliphatic rings. The van der Waals surface area contributed by atoms with Crippen LogP contribution in [0.1, 0.15) is 19.4 Å². The number of morpholine rings is 2. The molecule has 3 saturated heterocycles. The molecule has 4 aliphatic heterocycles. The standard InChI is InChI=1S/C25H28N6O5/c1-14-13-31-19-12-26-18(16-3-4-20(27-11-16)30-5-7-35-8-6-30)9-17(19)10-25(21(31)15(2)36-14)22(32)28-24(34)29-23(25)33/h3-4,9,11-12,14-15,21H,5-8,10,13H2,1-2H3,(H2,28,29,32,33,34)/t14-,15+,21-/m1/s1. The average Bonchev–Trinajstić information content (AvgIpc) is 2.87. The molecule has 0 aromatic carbocycles. The maximum absolute atomic E-state index is 13.3. The van der Waals surface area contributed by atoms with Crippen molar-refractivity contribution in [2.75, 3.05) is 42.6 Å². The van der Waals surface area contributed by atoms with Gasteiger partial charge in [-0.2, -0.15) is 0 Å². The second-order valence-electron chi connectivity index (χ2n) is 9.84. The minimum atomic E-state index is -1.50. The first-order valence-electron chi connectivity index (χ1n) is 12.2. The third-order valence-electron chi connectivity index (χ3n) is 7.57. The Kier molecular flexibility index (Phi) is 5.41. The highest BCUT2D eigenvalue weighted by Crippen LogP contribution is 2.47. The molecular weight excluding hydrogens is 464 g/mol. The predicted octanol–water partition coefficient (Wildman–Crippen LogP) is 0.871. The van der Waals surface area contributed by atoms with Crippen LogP contribution in [0.2, 0.25) is 0 Å². The van der Waals surface area contributed by atoms with Gasteiger partial charge in [0, 0.05) is 37.8 Å². The number of hydrogen-bond acceptors (Lipinski definition) is 9. The summed E-state index contributed by atoms with van der Waals surface area (Å²) >= 11 is 0. The van der Waals surface area contributed by atoms with E-state index in [-0.39, 0.29) is 12.5 Å². The van der Waals surface area contributed by atoms with E-state index in [4.69, 9.17) is 14.5 Å². The Morgan fingerprint density at radius 2 is 1.78 bits per heavy atom. The lowest BCUT2D eigenvalue weighted by Gasteiger charge is -2.55. The highest BCUT2D eigenvalue weighted by Gasteiger charge is 2.62. The molecule has 6 rings (SSSR count). The van der Waals surface area contributed by atoms with Gasteiger partial charge in [-0.25, -0.2) is 9.78 Å². The number of fused-ring (bicyclic) bond motifs is 4. The number of nitrogens with zero attached hydrogens (tertiary/aromatic N) is 4. The van der Waals surface area contributed by atoms with Gasteiger partial charge in [-0.15, -0.1) is 0 Å². The van der Waals surface area contributed by atoms with Gasteiger partial charge < -0.3 is 19.3 Å². The maximum atomic E-state index is 13.3. The summed E-state index contributed by atoms with van der Waals surface area (Å²) in [7, 11) is 0. The molecule has 11 nitrogen and oxygen atoms in total. The van der Waals surface area contributed by atoms with Crippen LogP contribution < -0.4 is 20.4 Å². The minimum Gasteiger partial charge on any atom is -0.378 e. The largest absolute Gasteiger partial charge is 0.378 e. The van der Waals surface area contributed by atoms with Crippen LogP contribution in [0, 0.1) is 5.41 Å². The molecule has 3 atom stereocenters. The van der Waals surface area contributed by atoms with E-state index < -0.39 is 35.4 Å². The monoisotopic (exact) mass is 492 g/mol. The summed E-state index contributed by atoms with van der Waals surface area (Å²) in [5.74, 6) is -0.313. The summed E-state index contributed by atoms with van der Waals surface area (Å²) in [6, 6.07) is 4.49. The minimum absolute atomic E-state index is 0.104. The van der Waals surface area contributed by atoms with Crippen LogP contribution in [0.4, 0.5) is 16.3 Å². The highest BCUT2D eigenvalue weighted by atomic mass is 16.5. The molecule has 0 radical (unpaired) electrons. The van der Waals surface area contributed by atoms with Gasteiger partial charge in [0.05, 0.1) is 49.0 Å². The number of aromatic nitrogens is 2. The van der Waals surface area contributed by atoms with Gasteiger partial charge in [0.25, 0.3) is 0 Å². The number of hydrogen-bond donors (Lipinski definition) is 2. The molecular formula is C25H28N6O5. The fourth-order valence-corrected chi connectivity index (χ4v) is 6.01. The molecule has 0 saturated carbocycles. The Balaban J connectivity index is 1.39. The fraction of sp³-hybridized carbons (Fsp3) is 0.480. The lowest BCUT2D eigenvalue weighted by molar-refractivity contribution is -0.153. The summed E-state index contributed by atoms with van der Waals surface area (Å²) in [5, 5.41) is 4.64. The Morgan fingerprint density at radius 3 is 2.47 bits per heavy atom. The molecule has 6 heterocycles. The zero-order valence-corrected chi connectivity index (χ0v) is 20.2. The summed E-state index contributed by atoms with van der Waals surface area (Å²) in [6.45, 7) is 7.29. The van der Waals surface area contributed by atoms with Gasteiger partial charge in [-0.1, -0.05) is 0 Å². The van der Waals surface area contributed by atoms with Crippen molar-refractivity contribution in [3.8, 4) is 11.3 Å². The number of carbonyl (C=O) groups is 3. The van der Waals surface area contributed by atoms with Crippen LogP contribution in [0.5, 0.6) is 0 Å². The van der Waals surface area contributed by atoms with Gasteiger partial charge in [0.15, 0.2) is 5.41 Å². The van der Waals surface area contributed by atoms with Crippen LogP contribution in [0.15, 0.2) is 30.6 Å². The molecule has 36 heavy (non-hydrogen) atoms. The summed E-state index contributed by atoms with van der Waals surface area (Å²) < 4.78 is 11.5. The van der Waals surface area contributed by atoms with E-state index in [0.29, 0.717) is 25.5 Å². The number of imide groups is 2. The summed E-state index contributed by atoms with van der Waals surface area (Å²) in [6.07, 6.45) is 3.20. The van der Waals surface area contributed by atoms with Crippen LogP contribution in [-0.4, -0.2) is 78.9 Å². The molecule has 11 heteroatoms. The van der Waals surface area contributed by atoms with Crippen LogP contribution in [0.3, 0.4) is 0 Å². The third-order valence-corrected chi connectivity index (χ3v) is 7.57. The number of ether oxygens (including phenoxy) is 2. The molecule has 2 aromatic heterocycles. The van der Waals surface area contributed by atoms with E-state index in [1.165, 1.54) is 0 Å². The zero-order chi connectivity index (χ0) is 25.0. The molecule has 4 amide bonds. The average molecular weight is 493 g/mol. The Morgan fingerprint density at radius 1 is 1.03 bits per heavy atom. The first-order chi connectivity index (χ1) is 17.4. The number of urea groups is 1. The third kappa shape index (κ3) is 3.53. The second kappa shape index (κ2) is 8.52. The Labute approximate surface area is 208 Å². The number of carbonyl (C=O) groups excluding carboxylic acids is 3. The number of nitrogens with one attached hydrogen (secondary N) is 2. The number of amides is 4. The van der Waals surface area contributed by atoms with Crippen molar-refractivity contribution < 1.29 is 23.9 Å². The van der Waals surface area contributed by atoms with Crippen LogP contribution >= 0.6 is 0 Å². The zero-order valence-electron chi connectivity index (χ0n) is 20.2. The van der Waals surface area contributed by atoms with Crippen molar-refractivity contribution in [1.82, 2.24) is 20.6 Å². The highest BCUT2D eigenvalue weighted by molar-refractivity contribution is 6.20. The molecule has 3 fully saturated rings. The van der Waals surface area contributed by atoms with E-state index in [1.54, 1.807) is 12.4 Å². The fourth-order valence-electron chi connectivity index (χ4n) is 6.01. The van der Waals surface area contributed by atoms with E-state index in [0.717, 1.165) is 35.7 Å². The lowest BCUT2D eigenvalue weighted by atomic mass is 9.66. The summed E-state index contributed by atoms with van der Waals surface area (Å²) in [4.78, 5) is 52.1. The molecule has 2 aromatic rings. The van der Waals surface area contributed by atoms with Crippen LogP contribution in [-0.2, 0) is 25.5 Å². The molecule has 0 bridgehead atoms. The predicted molar refractivity (Wildman–Crippen MR) is 129 cm³/mol. The summed E-state index contributed by atoms with van der Waals surface area (Å²) in [5.41, 5.74) is 1.71. The molecule has 188 valence electrons. The van der Waals surface area contributed by atoms with Crippen molar-refractivity contribution in [1.29, 1.82) is 0 Å². The molecule has 0 unspecified atom stereocenters. The van der Waals surface area contributed by atoms with Gasteiger partial charge >= 0.3 is 6.03 Å². The maximum Gasteiger partial charge on any atom is 0.328 e. The SMILES string of the molecule is C[C@@H]1CN2c3cnc(-c4ccc(N5CCOCC5)nc4)cc3CC3(C(=O)NC(=O)NC3=O)[C@H]2[C@H](C)O1. The van der Waals surface area contributed by atoms with Crippen LogP contribution in [0.25, 0.3) is 11.3 Å². The van der Waals surface area contributed by atoms with Crippen molar-refractivity contribution in [3.63, 3.8) is 0 Å². The number of anilines is 2. The number of rotatable bonds is 2. The first kappa shape index (κ1) is 22.9. The smallest absolute Gasteiger partial charge is 0.328 e. The van der Waals surface area contributed by atoms with Crippen molar-refractivity contribution in [2.45, 2.75) is 38.5 Å². The van der Waals surface area contributed by atoms with Gasteiger partial charge in [-0.05, 0) is 37.6 Å². The first-order valence-corrected chi connectivity index (χ1v) is 12.2. The van der Waals surface area contributed by atoms with E-state index in [9.17, 15) is 14.4 Å². The normalized spacial score (nSPS) is 27.3. The Bertz CT molecular complexity index is 1210.